The topological polar surface area (TPSA) is 38.3 Å². The molecule has 0 aromatic rings. The number of hydrogen-bond donors (Lipinski definition) is 1. The maximum absolute atomic E-state index is 13.9. The number of hydrogen-bond acceptors (Lipinski definition) is 3. The number of carbonyl (C=O) groups is 1. The van der Waals surface area contributed by atoms with Crippen LogP contribution in [0.15, 0.2) is 0 Å². The van der Waals surface area contributed by atoms with Crippen LogP contribution >= 0.6 is 0 Å². The molecular formula is C10H16FNO2. The highest BCUT2D eigenvalue weighted by atomic mass is 19.1. The first-order valence-corrected chi connectivity index (χ1v) is 5.17. The Balaban J connectivity index is 2.13. The lowest BCUT2D eigenvalue weighted by atomic mass is 9.82. The lowest BCUT2D eigenvalue weighted by Gasteiger charge is -2.33. The molecule has 1 heterocycles. The number of esters is 1. The lowest BCUT2D eigenvalue weighted by Crippen LogP contribution is -2.50. The number of alkyl halides is 1. The normalized spacial score (nSPS) is 41.0. The van der Waals surface area contributed by atoms with Crippen LogP contribution in [0.3, 0.4) is 0 Å². The predicted molar refractivity (Wildman–Crippen MR) is 49.6 cm³/mol. The minimum absolute atomic E-state index is 0.230. The highest BCUT2D eigenvalue weighted by Gasteiger charge is 2.56. The van der Waals surface area contributed by atoms with E-state index in [9.17, 15) is 9.18 Å². The van der Waals surface area contributed by atoms with Crippen molar-refractivity contribution < 1.29 is 13.9 Å². The summed E-state index contributed by atoms with van der Waals surface area (Å²) in [6.45, 7) is 3.11. The average molecular weight is 201 g/mol. The van der Waals surface area contributed by atoms with E-state index in [0.717, 1.165) is 0 Å². The van der Waals surface area contributed by atoms with Crippen LogP contribution in [0, 0.1) is 5.41 Å². The number of ether oxygens (including phenoxy) is 1. The van der Waals surface area contributed by atoms with E-state index in [2.05, 4.69) is 5.32 Å². The average Bonchev–Trinajstić information content (AvgIpc) is 2.39. The third-order valence-corrected chi connectivity index (χ3v) is 3.32. The maximum Gasteiger partial charge on any atom is 0.313 e. The molecule has 14 heavy (non-hydrogen) atoms. The van der Waals surface area contributed by atoms with Crippen LogP contribution in [0.4, 0.5) is 4.39 Å². The molecule has 1 aliphatic heterocycles. The third kappa shape index (κ3) is 1.41. The Bertz CT molecular complexity index is 259. The summed E-state index contributed by atoms with van der Waals surface area (Å²) in [5, 5.41) is 2.99. The summed E-state index contributed by atoms with van der Waals surface area (Å²) >= 11 is 0. The number of fused-ring (bicyclic) bond motifs is 2. The predicted octanol–water partition coefficient (Wildman–Crippen LogP) is 1.03. The Morgan fingerprint density at radius 3 is 3.00 bits per heavy atom. The molecule has 2 atom stereocenters. The second kappa shape index (κ2) is 3.19. The van der Waals surface area contributed by atoms with Crippen LogP contribution in [-0.4, -0.2) is 31.3 Å². The summed E-state index contributed by atoms with van der Waals surface area (Å²) in [7, 11) is 0. The minimum atomic E-state index is -1.18. The van der Waals surface area contributed by atoms with Gasteiger partial charge in [0.05, 0.1) is 12.0 Å². The molecule has 4 heteroatoms. The molecule has 1 N–H and O–H groups in total. The van der Waals surface area contributed by atoms with Crippen molar-refractivity contribution in [3.8, 4) is 0 Å². The van der Waals surface area contributed by atoms with E-state index in [-0.39, 0.29) is 5.97 Å². The Morgan fingerprint density at radius 1 is 1.50 bits per heavy atom. The molecule has 1 saturated carbocycles. The van der Waals surface area contributed by atoms with Gasteiger partial charge in [-0.15, -0.1) is 0 Å². The molecule has 1 saturated heterocycles. The van der Waals surface area contributed by atoms with Crippen LogP contribution in [0.5, 0.6) is 0 Å². The van der Waals surface area contributed by atoms with Crippen molar-refractivity contribution in [1.82, 2.24) is 5.32 Å². The van der Waals surface area contributed by atoms with Crippen LogP contribution in [0.25, 0.3) is 0 Å². The molecule has 1 aliphatic carbocycles. The summed E-state index contributed by atoms with van der Waals surface area (Å²) in [4.78, 5) is 11.7. The van der Waals surface area contributed by atoms with Gasteiger partial charge in [0.1, 0.15) is 5.67 Å². The number of nitrogens with one attached hydrogen (secondary N) is 1. The van der Waals surface area contributed by atoms with Crippen molar-refractivity contribution in [2.75, 3.05) is 19.7 Å². The van der Waals surface area contributed by atoms with Gasteiger partial charge in [-0.05, 0) is 26.2 Å². The van der Waals surface area contributed by atoms with Crippen molar-refractivity contribution in [1.29, 1.82) is 0 Å². The van der Waals surface area contributed by atoms with Crippen LogP contribution < -0.4 is 5.32 Å². The monoisotopic (exact) mass is 201 g/mol. The highest BCUT2D eigenvalue weighted by Crippen LogP contribution is 2.49. The second-order valence-electron chi connectivity index (χ2n) is 4.43. The maximum atomic E-state index is 13.9. The van der Waals surface area contributed by atoms with E-state index in [0.29, 0.717) is 39.0 Å². The molecule has 0 spiro atoms. The van der Waals surface area contributed by atoms with Crippen molar-refractivity contribution in [2.24, 2.45) is 5.41 Å². The molecule has 80 valence electrons. The molecule has 0 aromatic carbocycles. The Morgan fingerprint density at radius 2 is 2.29 bits per heavy atom. The number of rotatable bonds is 2. The first kappa shape index (κ1) is 9.90. The van der Waals surface area contributed by atoms with Gasteiger partial charge in [0.2, 0.25) is 0 Å². The fourth-order valence-corrected chi connectivity index (χ4v) is 2.60. The fourth-order valence-electron chi connectivity index (χ4n) is 2.60. The molecule has 3 nitrogen and oxygen atoms in total. The summed E-state index contributed by atoms with van der Waals surface area (Å²) in [6, 6.07) is 0. The van der Waals surface area contributed by atoms with Gasteiger partial charge >= 0.3 is 5.97 Å². The van der Waals surface area contributed by atoms with Gasteiger partial charge in [0, 0.05) is 13.1 Å². The zero-order valence-electron chi connectivity index (χ0n) is 8.44. The van der Waals surface area contributed by atoms with E-state index < -0.39 is 11.1 Å². The van der Waals surface area contributed by atoms with Crippen LogP contribution in [-0.2, 0) is 9.53 Å². The SMILES string of the molecule is CCOC(=O)C12CCC(F)(CNC1)C2. The van der Waals surface area contributed by atoms with Crippen molar-refractivity contribution in [3.05, 3.63) is 0 Å². The first-order chi connectivity index (χ1) is 6.60. The number of carbonyl (C=O) groups excluding carboxylic acids is 1. The minimum Gasteiger partial charge on any atom is -0.466 e. The fraction of sp³-hybridized carbons (Fsp3) is 0.900. The third-order valence-electron chi connectivity index (χ3n) is 3.32. The molecule has 2 bridgehead atoms. The van der Waals surface area contributed by atoms with E-state index >= 15 is 0 Å². The van der Waals surface area contributed by atoms with Gasteiger partial charge in [0.25, 0.3) is 0 Å². The number of halogens is 1. The molecule has 2 fully saturated rings. The van der Waals surface area contributed by atoms with Crippen LogP contribution in [0.2, 0.25) is 0 Å². The summed E-state index contributed by atoms with van der Waals surface area (Å²) < 4.78 is 18.9. The van der Waals surface area contributed by atoms with E-state index in [1.807, 2.05) is 0 Å². The van der Waals surface area contributed by atoms with Gasteiger partial charge in [-0.1, -0.05) is 0 Å². The Kier molecular flexibility index (Phi) is 2.26. The molecule has 2 rings (SSSR count). The van der Waals surface area contributed by atoms with Crippen molar-refractivity contribution in [2.45, 2.75) is 31.9 Å². The van der Waals surface area contributed by atoms with Gasteiger partial charge in [0.15, 0.2) is 0 Å². The summed E-state index contributed by atoms with van der Waals surface area (Å²) in [5.74, 6) is -0.230. The summed E-state index contributed by atoms with van der Waals surface area (Å²) in [6.07, 6.45) is 1.44. The Labute approximate surface area is 83.0 Å². The molecule has 2 unspecified atom stereocenters. The van der Waals surface area contributed by atoms with E-state index in [1.54, 1.807) is 6.92 Å². The van der Waals surface area contributed by atoms with Crippen LogP contribution in [0.1, 0.15) is 26.2 Å². The van der Waals surface area contributed by atoms with E-state index in [1.165, 1.54) is 0 Å². The van der Waals surface area contributed by atoms with Gasteiger partial charge in [-0.2, -0.15) is 0 Å². The molecular weight excluding hydrogens is 185 g/mol. The quantitative estimate of drug-likeness (QED) is 0.678. The largest absolute Gasteiger partial charge is 0.466 e. The van der Waals surface area contributed by atoms with Crippen molar-refractivity contribution >= 4 is 5.97 Å². The van der Waals surface area contributed by atoms with Gasteiger partial charge in [-0.25, -0.2) is 4.39 Å². The van der Waals surface area contributed by atoms with Crippen molar-refractivity contribution in [3.63, 3.8) is 0 Å². The Hall–Kier alpha value is -0.640. The molecule has 0 aromatic heterocycles. The molecule has 0 amide bonds. The highest BCUT2D eigenvalue weighted by molar-refractivity contribution is 5.78. The zero-order valence-corrected chi connectivity index (χ0v) is 8.44. The van der Waals surface area contributed by atoms with Gasteiger partial charge in [-0.3, -0.25) is 4.79 Å². The molecule has 0 radical (unpaired) electrons. The van der Waals surface area contributed by atoms with E-state index in [4.69, 9.17) is 4.74 Å². The second-order valence-corrected chi connectivity index (χ2v) is 4.43. The van der Waals surface area contributed by atoms with Gasteiger partial charge < -0.3 is 10.1 Å². The first-order valence-electron chi connectivity index (χ1n) is 5.17. The summed E-state index contributed by atoms with van der Waals surface area (Å²) in [5.41, 5.74) is -1.76. The molecule has 2 aliphatic rings. The number of piperidine rings is 1. The standard InChI is InChI=1S/C10H16FNO2/c1-2-14-8(13)9-3-4-10(11,5-9)7-12-6-9/h12H,2-7H2,1H3. The smallest absolute Gasteiger partial charge is 0.313 e. The lowest BCUT2D eigenvalue weighted by molar-refractivity contribution is -0.156. The zero-order chi connectivity index (χ0) is 10.2.